The molecule has 0 aromatic heterocycles. The van der Waals surface area contributed by atoms with E-state index in [-0.39, 0.29) is 11.8 Å². The van der Waals surface area contributed by atoms with Gasteiger partial charge >= 0.3 is 0 Å². The van der Waals surface area contributed by atoms with Gasteiger partial charge in [0.15, 0.2) is 0 Å². The molecule has 1 saturated heterocycles. The Morgan fingerprint density at radius 2 is 2.14 bits per heavy atom. The van der Waals surface area contributed by atoms with Crippen LogP contribution < -0.4 is 0 Å². The molecule has 1 aromatic rings. The van der Waals surface area contributed by atoms with Crippen LogP contribution in [-0.4, -0.2) is 52.4 Å². The molecule has 1 fully saturated rings. The van der Waals surface area contributed by atoms with Crippen molar-refractivity contribution >= 4 is 23.6 Å². The first-order valence-corrected chi connectivity index (χ1v) is 8.45. The summed E-state index contributed by atoms with van der Waals surface area (Å²) in [5.41, 5.74) is 0.906. The average molecular weight is 317 g/mol. The average Bonchev–Trinajstić information content (AvgIpc) is 3.04. The molecule has 0 unspecified atom stereocenters. The third kappa shape index (κ3) is 3.25. The van der Waals surface area contributed by atoms with Crippen molar-refractivity contribution in [2.24, 2.45) is 0 Å². The van der Waals surface area contributed by atoms with Gasteiger partial charge in [-0.05, 0) is 32.0 Å². The number of nitriles is 1. The van der Waals surface area contributed by atoms with Crippen molar-refractivity contribution in [2.75, 3.05) is 24.7 Å². The van der Waals surface area contributed by atoms with E-state index in [0.717, 1.165) is 0 Å². The fraction of sp³-hybridized carbons (Fsp3) is 0.438. The summed E-state index contributed by atoms with van der Waals surface area (Å²) in [5, 5.41) is 8.95. The molecular weight excluding hydrogens is 298 g/mol. The summed E-state index contributed by atoms with van der Waals surface area (Å²) in [6, 6.07) is 8.23. The third-order valence-electron chi connectivity index (χ3n) is 3.74. The largest absolute Gasteiger partial charge is 0.341 e. The van der Waals surface area contributed by atoms with Gasteiger partial charge in [0.1, 0.15) is 6.04 Å². The Balaban J connectivity index is 2.21. The molecule has 2 rings (SSSR count). The summed E-state index contributed by atoms with van der Waals surface area (Å²) in [5.74, 6) is 0.944. The quantitative estimate of drug-likeness (QED) is 0.851. The number of carbonyl (C=O) groups excluding carboxylic acids is 2. The second-order valence-electron chi connectivity index (χ2n) is 4.99. The second kappa shape index (κ2) is 7.32. The molecule has 1 aliphatic heterocycles. The molecule has 0 saturated carbocycles. The zero-order valence-corrected chi connectivity index (χ0v) is 13.6. The fourth-order valence-corrected chi connectivity index (χ4v) is 3.63. The minimum Gasteiger partial charge on any atom is -0.341 e. The molecule has 0 radical (unpaired) electrons. The Morgan fingerprint density at radius 1 is 1.41 bits per heavy atom. The summed E-state index contributed by atoms with van der Waals surface area (Å²) >= 11 is 1.58. The van der Waals surface area contributed by atoms with Gasteiger partial charge < -0.3 is 9.80 Å². The first-order chi connectivity index (χ1) is 10.6. The van der Waals surface area contributed by atoms with Crippen LogP contribution in [0.1, 0.15) is 29.8 Å². The molecule has 116 valence electrons. The highest BCUT2D eigenvalue weighted by Crippen LogP contribution is 2.25. The van der Waals surface area contributed by atoms with Gasteiger partial charge in [0.05, 0.1) is 17.5 Å². The van der Waals surface area contributed by atoms with Crippen molar-refractivity contribution in [3.8, 4) is 6.07 Å². The lowest BCUT2D eigenvalue weighted by Gasteiger charge is -2.28. The SMILES string of the molecule is CCN(CC)C(=O)[C@H]1CSCN1C(=O)c1cccc(C#N)c1. The second-order valence-corrected chi connectivity index (χ2v) is 5.99. The highest BCUT2D eigenvalue weighted by Gasteiger charge is 2.36. The first kappa shape index (κ1) is 16.4. The van der Waals surface area contributed by atoms with Crippen LogP contribution in [0.2, 0.25) is 0 Å². The van der Waals surface area contributed by atoms with E-state index in [9.17, 15) is 9.59 Å². The van der Waals surface area contributed by atoms with Crippen LogP contribution in [0.3, 0.4) is 0 Å². The van der Waals surface area contributed by atoms with E-state index < -0.39 is 6.04 Å². The predicted octanol–water partition coefficient (Wildman–Crippen LogP) is 1.94. The Morgan fingerprint density at radius 3 is 2.77 bits per heavy atom. The van der Waals surface area contributed by atoms with E-state index in [1.165, 1.54) is 0 Å². The van der Waals surface area contributed by atoms with Gasteiger partial charge in [-0.25, -0.2) is 0 Å². The van der Waals surface area contributed by atoms with E-state index >= 15 is 0 Å². The van der Waals surface area contributed by atoms with Crippen LogP contribution >= 0.6 is 11.8 Å². The Labute approximate surface area is 134 Å². The van der Waals surface area contributed by atoms with Gasteiger partial charge in [0, 0.05) is 24.4 Å². The third-order valence-corrected chi connectivity index (χ3v) is 4.75. The van der Waals surface area contributed by atoms with Crippen molar-refractivity contribution in [3.63, 3.8) is 0 Å². The summed E-state index contributed by atoms with van der Waals surface area (Å²) in [6.07, 6.45) is 0. The van der Waals surface area contributed by atoms with Crippen LogP contribution in [-0.2, 0) is 4.79 Å². The molecule has 2 amide bonds. The molecule has 5 nitrogen and oxygen atoms in total. The lowest BCUT2D eigenvalue weighted by molar-refractivity contribution is -0.134. The lowest BCUT2D eigenvalue weighted by Crippen LogP contribution is -2.48. The fourth-order valence-electron chi connectivity index (χ4n) is 2.48. The van der Waals surface area contributed by atoms with Crippen molar-refractivity contribution < 1.29 is 9.59 Å². The number of nitrogens with zero attached hydrogens (tertiary/aromatic N) is 3. The molecule has 22 heavy (non-hydrogen) atoms. The number of likely N-dealkylation sites (N-methyl/N-ethyl adjacent to an activating group) is 1. The molecular formula is C16H19N3O2S. The molecule has 0 N–H and O–H groups in total. The van der Waals surface area contributed by atoms with Crippen LogP contribution in [0.4, 0.5) is 0 Å². The molecule has 1 heterocycles. The summed E-state index contributed by atoms with van der Waals surface area (Å²) in [7, 11) is 0. The van der Waals surface area contributed by atoms with Crippen LogP contribution in [0.25, 0.3) is 0 Å². The first-order valence-electron chi connectivity index (χ1n) is 7.30. The predicted molar refractivity (Wildman–Crippen MR) is 86.4 cm³/mol. The van der Waals surface area contributed by atoms with Crippen LogP contribution in [0, 0.1) is 11.3 Å². The Bertz CT molecular complexity index is 608. The lowest BCUT2D eigenvalue weighted by atomic mass is 10.1. The maximum Gasteiger partial charge on any atom is 0.255 e. The Kier molecular flexibility index (Phi) is 5.45. The van der Waals surface area contributed by atoms with Crippen LogP contribution in [0.15, 0.2) is 24.3 Å². The summed E-state index contributed by atoms with van der Waals surface area (Å²) < 4.78 is 0. The molecule has 0 spiro atoms. The number of thioether (sulfide) groups is 1. The smallest absolute Gasteiger partial charge is 0.255 e. The number of carbonyl (C=O) groups is 2. The van der Waals surface area contributed by atoms with Crippen molar-refractivity contribution in [1.29, 1.82) is 5.26 Å². The normalized spacial score (nSPS) is 17.1. The molecule has 6 heteroatoms. The van der Waals surface area contributed by atoms with Gasteiger partial charge in [-0.1, -0.05) is 6.07 Å². The van der Waals surface area contributed by atoms with E-state index in [1.54, 1.807) is 45.8 Å². The minimum atomic E-state index is -0.414. The van der Waals surface area contributed by atoms with E-state index in [1.807, 2.05) is 19.9 Å². The molecule has 1 aromatic carbocycles. The monoisotopic (exact) mass is 317 g/mol. The van der Waals surface area contributed by atoms with E-state index in [2.05, 4.69) is 0 Å². The number of benzene rings is 1. The minimum absolute atomic E-state index is 0.000196. The zero-order chi connectivity index (χ0) is 16.1. The van der Waals surface area contributed by atoms with Gasteiger partial charge in [-0.2, -0.15) is 5.26 Å². The summed E-state index contributed by atoms with van der Waals surface area (Å²) in [4.78, 5) is 28.6. The highest BCUT2D eigenvalue weighted by atomic mass is 32.2. The topological polar surface area (TPSA) is 64.4 Å². The molecule has 0 aliphatic carbocycles. The number of hydrogen-bond acceptors (Lipinski definition) is 4. The number of amides is 2. The zero-order valence-electron chi connectivity index (χ0n) is 12.8. The molecule has 1 aliphatic rings. The number of hydrogen-bond donors (Lipinski definition) is 0. The number of rotatable bonds is 4. The van der Waals surface area contributed by atoms with Gasteiger partial charge in [-0.15, -0.1) is 11.8 Å². The van der Waals surface area contributed by atoms with Crippen LogP contribution in [0.5, 0.6) is 0 Å². The summed E-state index contributed by atoms with van der Waals surface area (Å²) in [6.45, 7) is 5.16. The standard InChI is InChI=1S/C16H19N3O2S/c1-3-18(4-2)16(21)14-10-22-11-19(14)15(20)13-7-5-6-12(8-13)9-17/h5-8,14H,3-4,10-11H2,1-2H3/t14-/m1/s1. The van der Waals surface area contributed by atoms with Gasteiger partial charge in [0.2, 0.25) is 5.91 Å². The van der Waals surface area contributed by atoms with Gasteiger partial charge in [-0.3, -0.25) is 9.59 Å². The molecule has 0 bridgehead atoms. The van der Waals surface area contributed by atoms with Crippen molar-refractivity contribution in [2.45, 2.75) is 19.9 Å². The van der Waals surface area contributed by atoms with Crippen molar-refractivity contribution in [3.05, 3.63) is 35.4 Å². The van der Waals surface area contributed by atoms with E-state index in [4.69, 9.17) is 5.26 Å². The Hall–Kier alpha value is -2.00. The van der Waals surface area contributed by atoms with Crippen molar-refractivity contribution in [1.82, 2.24) is 9.80 Å². The maximum absolute atomic E-state index is 12.7. The molecule has 1 atom stereocenters. The van der Waals surface area contributed by atoms with Gasteiger partial charge in [0.25, 0.3) is 5.91 Å². The maximum atomic E-state index is 12.7. The van der Waals surface area contributed by atoms with E-state index in [0.29, 0.717) is 35.8 Å². The highest BCUT2D eigenvalue weighted by molar-refractivity contribution is 7.99.